The van der Waals surface area contributed by atoms with Gasteiger partial charge in [-0.2, -0.15) is 13.2 Å². The van der Waals surface area contributed by atoms with E-state index in [1.807, 2.05) is 0 Å². The third-order valence-electron chi connectivity index (χ3n) is 3.63. The highest BCUT2D eigenvalue weighted by Gasteiger charge is 2.33. The van der Waals surface area contributed by atoms with Gasteiger partial charge in [-0.05, 0) is 18.2 Å². The van der Waals surface area contributed by atoms with E-state index < -0.39 is 17.6 Å². The number of hydrogen-bond donors (Lipinski definition) is 2. The van der Waals surface area contributed by atoms with E-state index in [9.17, 15) is 18.0 Å². The van der Waals surface area contributed by atoms with Crippen LogP contribution in [0.5, 0.6) is 11.5 Å². The SMILES string of the molecule is O=C(CNc1ccc(Br)c(C(F)(F)F)c1)Nc1cc2c(cc1Cl)OCCO2. The average Bonchev–Trinajstić information content (AvgIpc) is 2.60. The number of anilines is 2. The predicted molar refractivity (Wildman–Crippen MR) is 98.7 cm³/mol. The van der Waals surface area contributed by atoms with Crippen molar-refractivity contribution < 1.29 is 27.4 Å². The molecule has 0 fully saturated rings. The number of carbonyl (C=O) groups is 1. The van der Waals surface area contributed by atoms with Gasteiger partial charge in [-0.15, -0.1) is 0 Å². The number of hydrogen-bond acceptors (Lipinski definition) is 4. The van der Waals surface area contributed by atoms with Gasteiger partial charge in [0.15, 0.2) is 11.5 Å². The predicted octanol–water partition coefficient (Wildman–Crippen LogP) is 4.94. The molecule has 2 aromatic carbocycles. The largest absolute Gasteiger partial charge is 0.486 e. The molecule has 0 aliphatic carbocycles. The molecule has 2 N–H and O–H groups in total. The summed E-state index contributed by atoms with van der Waals surface area (Å²) in [5, 5.41) is 5.50. The van der Waals surface area contributed by atoms with Gasteiger partial charge in [0.1, 0.15) is 13.2 Å². The van der Waals surface area contributed by atoms with Gasteiger partial charge in [0, 0.05) is 22.3 Å². The van der Waals surface area contributed by atoms with Gasteiger partial charge < -0.3 is 20.1 Å². The van der Waals surface area contributed by atoms with Gasteiger partial charge in [0.05, 0.1) is 22.8 Å². The molecule has 5 nitrogen and oxygen atoms in total. The van der Waals surface area contributed by atoms with Crippen LogP contribution in [-0.2, 0) is 11.0 Å². The molecule has 0 atom stereocenters. The van der Waals surface area contributed by atoms with Gasteiger partial charge in [-0.1, -0.05) is 27.5 Å². The summed E-state index contributed by atoms with van der Waals surface area (Å²) < 4.78 is 49.5. The molecule has 27 heavy (non-hydrogen) atoms. The topological polar surface area (TPSA) is 59.6 Å². The van der Waals surface area contributed by atoms with E-state index in [0.717, 1.165) is 6.07 Å². The first-order chi connectivity index (χ1) is 12.7. The first-order valence-electron chi connectivity index (χ1n) is 7.73. The first-order valence-corrected chi connectivity index (χ1v) is 8.91. The van der Waals surface area contributed by atoms with E-state index in [-0.39, 0.29) is 21.7 Å². The number of benzene rings is 2. The Hall–Kier alpha value is -2.13. The molecule has 2 aromatic rings. The standard InChI is InChI=1S/C17H13BrClF3N2O3/c18-11-2-1-9(5-10(11)17(20,21)22)23-8-16(25)24-13-7-15-14(6-12(13)19)26-3-4-27-15/h1-2,5-7,23H,3-4,8H2,(H,24,25). The van der Waals surface area contributed by atoms with Crippen LogP contribution < -0.4 is 20.1 Å². The zero-order valence-electron chi connectivity index (χ0n) is 13.6. The molecule has 1 aliphatic heterocycles. The van der Waals surface area contributed by atoms with Crippen molar-refractivity contribution in [3.8, 4) is 11.5 Å². The van der Waals surface area contributed by atoms with Gasteiger partial charge in [0.2, 0.25) is 5.91 Å². The Bertz CT molecular complexity index is 877. The summed E-state index contributed by atoms with van der Waals surface area (Å²) in [6.45, 7) is 0.546. The normalized spacial score (nSPS) is 13.2. The van der Waals surface area contributed by atoms with Crippen LogP contribution in [0.25, 0.3) is 0 Å². The zero-order chi connectivity index (χ0) is 19.6. The maximum atomic E-state index is 12.9. The highest BCUT2D eigenvalue weighted by molar-refractivity contribution is 9.10. The highest BCUT2D eigenvalue weighted by Crippen LogP contribution is 2.38. The maximum absolute atomic E-state index is 12.9. The van der Waals surface area contributed by atoms with E-state index >= 15 is 0 Å². The van der Waals surface area contributed by atoms with E-state index in [4.69, 9.17) is 21.1 Å². The fourth-order valence-electron chi connectivity index (χ4n) is 2.39. The Morgan fingerprint density at radius 3 is 2.48 bits per heavy atom. The summed E-state index contributed by atoms with van der Waals surface area (Å²) in [6.07, 6.45) is -4.50. The van der Waals surface area contributed by atoms with E-state index in [1.165, 1.54) is 24.3 Å². The third-order valence-corrected chi connectivity index (χ3v) is 4.63. The van der Waals surface area contributed by atoms with Crippen molar-refractivity contribution in [3.63, 3.8) is 0 Å². The zero-order valence-corrected chi connectivity index (χ0v) is 16.0. The van der Waals surface area contributed by atoms with E-state index in [0.29, 0.717) is 30.4 Å². The molecular weight excluding hydrogens is 453 g/mol. The Balaban J connectivity index is 1.65. The molecule has 0 radical (unpaired) electrons. The second-order valence-corrected chi connectivity index (χ2v) is 6.83. The lowest BCUT2D eigenvalue weighted by molar-refractivity contribution is -0.138. The van der Waals surface area contributed by atoms with Crippen LogP contribution in [-0.4, -0.2) is 25.7 Å². The average molecular weight is 466 g/mol. The minimum absolute atomic E-state index is 0.0759. The first kappa shape index (κ1) is 19.6. The summed E-state index contributed by atoms with van der Waals surface area (Å²) in [4.78, 5) is 12.1. The molecular formula is C17H13BrClF3N2O3. The van der Waals surface area contributed by atoms with Crippen LogP contribution in [0.4, 0.5) is 24.5 Å². The lowest BCUT2D eigenvalue weighted by Crippen LogP contribution is -2.22. The molecule has 0 spiro atoms. The highest BCUT2D eigenvalue weighted by atomic mass is 79.9. The molecule has 0 bridgehead atoms. The Labute approximate surface area is 165 Å². The van der Waals surface area contributed by atoms with Crippen molar-refractivity contribution in [2.24, 2.45) is 0 Å². The van der Waals surface area contributed by atoms with Gasteiger partial charge in [-0.3, -0.25) is 4.79 Å². The molecule has 1 amide bonds. The molecule has 0 unspecified atom stereocenters. The van der Waals surface area contributed by atoms with Crippen LogP contribution in [0, 0.1) is 0 Å². The molecule has 1 aliphatic rings. The van der Waals surface area contributed by atoms with Crippen LogP contribution in [0.1, 0.15) is 5.56 Å². The minimum Gasteiger partial charge on any atom is -0.486 e. The molecule has 144 valence electrons. The molecule has 0 saturated carbocycles. The molecule has 3 rings (SSSR count). The second kappa shape index (κ2) is 7.85. The number of ether oxygens (including phenoxy) is 2. The monoisotopic (exact) mass is 464 g/mol. The van der Waals surface area contributed by atoms with Crippen LogP contribution in [0.3, 0.4) is 0 Å². The van der Waals surface area contributed by atoms with Gasteiger partial charge >= 0.3 is 6.18 Å². The molecule has 10 heteroatoms. The summed E-state index contributed by atoms with van der Waals surface area (Å²) >= 11 is 8.97. The number of nitrogens with one attached hydrogen (secondary N) is 2. The summed E-state index contributed by atoms with van der Waals surface area (Å²) in [6, 6.07) is 6.69. The number of carbonyl (C=O) groups excluding carboxylic acids is 1. The summed E-state index contributed by atoms with van der Waals surface area (Å²) in [7, 11) is 0. The minimum atomic E-state index is -4.50. The van der Waals surface area contributed by atoms with Crippen molar-refractivity contribution >= 4 is 44.8 Å². The Kier molecular flexibility index (Phi) is 5.71. The van der Waals surface area contributed by atoms with Crippen LogP contribution in [0.2, 0.25) is 5.02 Å². The second-order valence-electron chi connectivity index (χ2n) is 5.57. The van der Waals surface area contributed by atoms with Crippen molar-refractivity contribution in [1.82, 2.24) is 0 Å². The van der Waals surface area contributed by atoms with Crippen molar-refractivity contribution in [1.29, 1.82) is 0 Å². The number of fused-ring (bicyclic) bond motifs is 1. The number of amides is 1. The summed E-state index contributed by atoms with van der Waals surface area (Å²) in [5.41, 5.74) is -0.351. The quantitative estimate of drug-likeness (QED) is 0.671. The van der Waals surface area contributed by atoms with E-state index in [2.05, 4.69) is 26.6 Å². The van der Waals surface area contributed by atoms with Gasteiger partial charge in [-0.25, -0.2) is 0 Å². The van der Waals surface area contributed by atoms with Crippen molar-refractivity contribution in [2.45, 2.75) is 6.18 Å². The number of halogens is 5. The Morgan fingerprint density at radius 1 is 1.15 bits per heavy atom. The third kappa shape index (κ3) is 4.78. The summed E-state index contributed by atoms with van der Waals surface area (Å²) in [5.74, 6) is 0.457. The smallest absolute Gasteiger partial charge is 0.417 e. The molecule has 1 heterocycles. The maximum Gasteiger partial charge on any atom is 0.417 e. The fraction of sp³-hybridized carbons (Fsp3) is 0.235. The van der Waals surface area contributed by atoms with E-state index in [1.54, 1.807) is 0 Å². The lowest BCUT2D eigenvalue weighted by atomic mass is 10.2. The Morgan fingerprint density at radius 2 is 1.81 bits per heavy atom. The lowest BCUT2D eigenvalue weighted by Gasteiger charge is -2.20. The van der Waals surface area contributed by atoms with Crippen molar-refractivity contribution in [2.75, 3.05) is 30.4 Å². The van der Waals surface area contributed by atoms with Crippen LogP contribution >= 0.6 is 27.5 Å². The van der Waals surface area contributed by atoms with Crippen LogP contribution in [0.15, 0.2) is 34.8 Å². The molecule has 0 aromatic heterocycles. The number of alkyl halides is 3. The molecule has 0 saturated heterocycles. The number of rotatable bonds is 4. The fourth-order valence-corrected chi connectivity index (χ4v) is 3.06. The van der Waals surface area contributed by atoms with Gasteiger partial charge in [0.25, 0.3) is 0 Å². The van der Waals surface area contributed by atoms with Crippen molar-refractivity contribution in [3.05, 3.63) is 45.4 Å².